The molecule has 0 spiro atoms. The van der Waals surface area contributed by atoms with Crippen molar-refractivity contribution in [1.29, 1.82) is 0 Å². The Labute approximate surface area is 297 Å². The molecule has 0 unspecified atom stereocenters. The average Bonchev–Trinajstić information content (AvgIpc) is 3.96. The SMILES string of the molecule is C=C[C@@H]1C[C@]1(NC(=O)[C@@H]1C[C@@H]2CN1C(=O)[C@H](C(C)(C)C)NC(=O)OCCCCCCc1cccc3[nH]c(cc13)C(=O)O2)C(=O)NS(=O)(=O)C1CC1. The summed E-state index contributed by atoms with van der Waals surface area (Å²) in [7, 11) is -3.91. The molecule has 15 heteroatoms. The summed E-state index contributed by atoms with van der Waals surface area (Å²) in [6.45, 7) is 9.04. The number of sulfonamides is 1. The van der Waals surface area contributed by atoms with Gasteiger partial charge in [-0.15, -0.1) is 6.58 Å². The molecule has 4 bridgehead atoms. The largest absolute Gasteiger partial charge is 0.456 e. The summed E-state index contributed by atoms with van der Waals surface area (Å²) in [5, 5.41) is 5.67. The van der Waals surface area contributed by atoms with Crippen LogP contribution in [0, 0.1) is 11.3 Å². The van der Waals surface area contributed by atoms with Gasteiger partial charge in [0.2, 0.25) is 21.8 Å². The molecule has 1 aromatic heterocycles. The van der Waals surface area contributed by atoms with Gasteiger partial charge in [-0.25, -0.2) is 18.0 Å². The first kappa shape index (κ1) is 36.4. The number of hydrogen-bond acceptors (Lipinski definition) is 9. The molecule has 1 aromatic carbocycles. The molecule has 14 nitrogen and oxygen atoms in total. The van der Waals surface area contributed by atoms with Crippen molar-refractivity contribution in [1.82, 2.24) is 25.2 Å². The Balaban J connectivity index is 1.29. The zero-order valence-electron chi connectivity index (χ0n) is 29.3. The number of amides is 4. The number of nitrogens with zero attached hydrogens (tertiary/aromatic N) is 1. The van der Waals surface area contributed by atoms with Gasteiger partial charge in [-0.2, -0.15) is 0 Å². The molecule has 1 saturated heterocycles. The average molecular weight is 726 g/mol. The highest BCUT2D eigenvalue weighted by Crippen LogP contribution is 2.45. The highest BCUT2D eigenvalue weighted by molar-refractivity contribution is 7.91. The van der Waals surface area contributed by atoms with Gasteiger partial charge in [0.15, 0.2) is 0 Å². The lowest BCUT2D eigenvalue weighted by atomic mass is 9.85. The van der Waals surface area contributed by atoms with Crippen molar-refractivity contribution in [2.24, 2.45) is 11.3 Å². The van der Waals surface area contributed by atoms with Crippen molar-refractivity contribution >= 4 is 50.7 Å². The van der Waals surface area contributed by atoms with E-state index in [0.29, 0.717) is 19.3 Å². The molecule has 4 amide bonds. The summed E-state index contributed by atoms with van der Waals surface area (Å²) in [4.78, 5) is 72.7. The fourth-order valence-electron chi connectivity index (χ4n) is 7.06. The van der Waals surface area contributed by atoms with Gasteiger partial charge in [0.25, 0.3) is 5.91 Å². The van der Waals surface area contributed by atoms with Gasteiger partial charge in [-0.3, -0.25) is 19.1 Å². The fraction of sp³-hybridized carbons (Fsp3) is 0.583. The minimum Gasteiger partial charge on any atom is -0.456 e. The number of aromatic amines is 1. The molecule has 4 N–H and O–H groups in total. The van der Waals surface area contributed by atoms with Crippen LogP contribution in [-0.4, -0.2) is 90.2 Å². The zero-order chi connectivity index (χ0) is 36.7. The van der Waals surface area contributed by atoms with Crippen molar-refractivity contribution < 1.29 is 41.9 Å². The normalized spacial score (nSPS) is 28.0. The maximum atomic E-state index is 14.3. The molecule has 51 heavy (non-hydrogen) atoms. The fourth-order valence-corrected chi connectivity index (χ4v) is 8.43. The molecule has 2 saturated carbocycles. The van der Waals surface area contributed by atoms with Crippen molar-refractivity contribution in [3.63, 3.8) is 0 Å². The lowest BCUT2D eigenvalue weighted by Crippen LogP contribution is -2.60. The number of cyclic esters (lactones) is 1. The molecule has 2 aromatic rings. The predicted molar refractivity (Wildman–Crippen MR) is 187 cm³/mol. The second-order valence-electron chi connectivity index (χ2n) is 15.3. The van der Waals surface area contributed by atoms with E-state index in [1.54, 1.807) is 26.8 Å². The first-order chi connectivity index (χ1) is 24.1. The Hall–Kier alpha value is -4.40. The molecular formula is C36H47N5O9S. The molecule has 276 valence electrons. The number of carbonyl (C=O) groups is 5. The summed E-state index contributed by atoms with van der Waals surface area (Å²) in [5.41, 5.74) is -0.315. The third kappa shape index (κ3) is 7.77. The number of aromatic nitrogens is 1. The van der Waals surface area contributed by atoms with Gasteiger partial charge in [0.05, 0.1) is 18.4 Å². The van der Waals surface area contributed by atoms with Gasteiger partial charge in [-0.1, -0.05) is 51.8 Å². The minimum atomic E-state index is -3.91. The van der Waals surface area contributed by atoms with Gasteiger partial charge in [0, 0.05) is 23.2 Å². The van der Waals surface area contributed by atoms with Crippen LogP contribution in [0.5, 0.6) is 0 Å². The quantitative estimate of drug-likeness (QED) is 0.256. The number of ether oxygens (including phenoxy) is 2. The number of alkyl carbamates (subject to hydrolysis) is 1. The first-order valence-corrected chi connectivity index (χ1v) is 19.2. The molecule has 3 heterocycles. The van der Waals surface area contributed by atoms with Crippen molar-refractivity contribution in [3.05, 3.63) is 48.2 Å². The Morgan fingerprint density at radius 3 is 2.53 bits per heavy atom. The van der Waals surface area contributed by atoms with Gasteiger partial charge in [0.1, 0.15) is 29.4 Å². The molecule has 2 aliphatic carbocycles. The molecule has 5 atom stereocenters. The monoisotopic (exact) mass is 725 g/mol. The third-order valence-electron chi connectivity index (χ3n) is 10.3. The number of carbonyl (C=O) groups excluding carboxylic acids is 5. The van der Waals surface area contributed by atoms with E-state index in [0.717, 1.165) is 42.1 Å². The maximum absolute atomic E-state index is 14.3. The lowest BCUT2D eigenvalue weighted by Gasteiger charge is -2.35. The highest BCUT2D eigenvalue weighted by Gasteiger charge is 2.62. The molecular weight excluding hydrogens is 678 g/mol. The van der Waals surface area contributed by atoms with E-state index in [9.17, 15) is 32.4 Å². The van der Waals surface area contributed by atoms with Crippen LogP contribution in [-0.2, 0) is 40.3 Å². The van der Waals surface area contributed by atoms with Crippen LogP contribution in [0.3, 0.4) is 0 Å². The predicted octanol–water partition coefficient (Wildman–Crippen LogP) is 3.22. The van der Waals surface area contributed by atoms with Gasteiger partial charge in [-0.05, 0) is 61.6 Å². The molecule has 6 rings (SSSR count). The van der Waals surface area contributed by atoms with Crippen LogP contribution in [0.4, 0.5) is 4.79 Å². The van der Waals surface area contributed by atoms with Crippen LogP contribution in [0.2, 0.25) is 0 Å². The van der Waals surface area contributed by atoms with Crippen LogP contribution < -0.4 is 15.4 Å². The number of hydrogen-bond donors (Lipinski definition) is 4. The number of nitrogens with one attached hydrogen (secondary N) is 4. The van der Waals surface area contributed by atoms with Gasteiger partial charge < -0.3 is 30.0 Å². The Kier molecular flexibility index (Phi) is 9.96. The minimum absolute atomic E-state index is 0.104. The Morgan fingerprint density at radius 1 is 1.10 bits per heavy atom. The summed E-state index contributed by atoms with van der Waals surface area (Å²) in [5.74, 6) is -3.40. The third-order valence-corrected chi connectivity index (χ3v) is 12.1. The number of aryl methyl sites for hydroxylation is 1. The molecule has 2 aliphatic heterocycles. The Bertz CT molecular complexity index is 1850. The van der Waals surface area contributed by atoms with Crippen molar-refractivity contribution in [2.75, 3.05) is 13.2 Å². The number of esters is 1. The maximum Gasteiger partial charge on any atom is 0.407 e. The second-order valence-corrected chi connectivity index (χ2v) is 17.2. The van der Waals surface area contributed by atoms with Crippen LogP contribution in [0.1, 0.15) is 88.2 Å². The number of fused-ring (bicyclic) bond motifs is 3. The van der Waals surface area contributed by atoms with Crippen molar-refractivity contribution in [3.8, 4) is 0 Å². The standard InChI is InChI=1S/C36H47N5O9S/c1-5-22-19-36(22,33(45)40-51(47,48)24-14-15-24)39-30(42)28-17-23-20-41(28)31(43)29(35(2,3)4)38-34(46)49-16-9-7-6-8-11-21-12-10-13-26-25(21)18-27(37-26)32(44)50-23/h5,10,12-13,18,22-24,28-29,37H,1,6-9,11,14-17,19-20H2,2-4H3,(H,38,46)(H,39,42)(H,40,45)/t22-,23-,28+,29-,36-/m1/s1. The topological polar surface area (TPSA) is 193 Å². The van der Waals surface area contributed by atoms with E-state index in [4.69, 9.17) is 9.47 Å². The summed E-state index contributed by atoms with van der Waals surface area (Å²) < 4.78 is 38.7. The summed E-state index contributed by atoms with van der Waals surface area (Å²) in [6, 6.07) is 5.22. The number of H-pyrrole nitrogens is 1. The molecule has 3 fully saturated rings. The second kappa shape index (κ2) is 14.0. The number of rotatable bonds is 6. The Morgan fingerprint density at radius 2 is 1.84 bits per heavy atom. The van der Waals surface area contributed by atoms with Crippen LogP contribution in [0.25, 0.3) is 10.9 Å². The molecule has 0 radical (unpaired) electrons. The summed E-state index contributed by atoms with van der Waals surface area (Å²) in [6.07, 6.45) is 4.79. The highest BCUT2D eigenvalue weighted by atomic mass is 32.2. The van der Waals surface area contributed by atoms with Crippen LogP contribution in [0.15, 0.2) is 36.9 Å². The molecule has 4 aliphatic rings. The summed E-state index contributed by atoms with van der Waals surface area (Å²) >= 11 is 0. The van der Waals surface area contributed by atoms with Gasteiger partial charge >= 0.3 is 12.1 Å². The number of benzene rings is 1. The van der Waals surface area contributed by atoms with E-state index in [-0.39, 0.29) is 31.7 Å². The van der Waals surface area contributed by atoms with Crippen molar-refractivity contribution in [2.45, 2.75) is 108 Å². The van der Waals surface area contributed by atoms with E-state index in [2.05, 4.69) is 26.9 Å². The van der Waals surface area contributed by atoms with E-state index >= 15 is 0 Å². The smallest absolute Gasteiger partial charge is 0.407 e. The van der Waals surface area contributed by atoms with Crippen LogP contribution >= 0.6 is 0 Å². The lowest BCUT2D eigenvalue weighted by molar-refractivity contribution is -0.142. The first-order valence-electron chi connectivity index (χ1n) is 17.7. The van der Waals surface area contributed by atoms with E-state index in [1.807, 2.05) is 18.2 Å². The van der Waals surface area contributed by atoms with E-state index in [1.165, 1.54) is 11.0 Å². The zero-order valence-corrected chi connectivity index (χ0v) is 30.1. The van der Waals surface area contributed by atoms with E-state index < -0.39 is 80.1 Å².